The van der Waals surface area contributed by atoms with Crippen LogP contribution in [0.25, 0.3) is 0 Å². The highest BCUT2D eigenvalue weighted by molar-refractivity contribution is 5.06. The van der Waals surface area contributed by atoms with Crippen molar-refractivity contribution in [3.05, 3.63) is 23.7 Å². The minimum atomic E-state index is 0.707. The van der Waals surface area contributed by atoms with Crippen LogP contribution in [-0.4, -0.2) is 31.1 Å². The molecule has 0 aromatic carbocycles. The Morgan fingerprint density at radius 1 is 1.21 bits per heavy atom. The summed E-state index contributed by atoms with van der Waals surface area (Å²) in [5.41, 5.74) is 0. The Bertz CT molecular complexity index is 355. The molecular weight excluding hydrogens is 236 g/mol. The monoisotopic (exact) mass is 264 g/mol. The zero-order valence-electron chi connectivity index (χ0n) is 12.5. The van der Waals surface area contributed by atoms with Gasteiger partial charge < -0.3 is 14.6 Å². The second-order valence-corrected chi connectivity index (χ2v) is 5.82. The van der Waals surface area contributed by atoms with Crippen molar-refractivity contribution >= 4 is 0 Å². The van der Waals surface area contributed by atoms with Crippen molar-refractivity contribution in [1.82, 2.24) is 10.2 Å². The van der Waals surface area contributed by atoms with Crippen LogP contribution in [0.5, 0.6) is 0 Å². The third-order valence-electron chi connectivity index (χ3n) is 3.88. The Kier molecular flexibility index (Phi) is 5.93. The molecule has 0 bridgehead atoms. The van der Waals surface area contributed by atoms with E-state index in [1.807, 2.05) is 0 Å². The number of rotatable bonds is 7. The number of hydrogen-bond donors (Lipinski definition) is 1. The molecule has 1 fully saturated rings. The second-order valence-electron chi connectivity index (χ2n) is 5.82. The predicted octanol–water partition coefficient (Wildman–Crippen LogP) is 3.05. The molecule has 1 saturated heterocycles. The van der Waals surface area contributed by atoms with Crippen molar-refractivity contribution in [2.45, 2.75) is 46.1 Å². The van der Waals surface area contributed by atoms with Gasteiger partial charge >= 0.3 is 0 Å². The third-order valence-corrected chi connectivity index (χ3v) is 3.88. The minimum absolute atomic E-state index is 0.707. The predicted molar refractivity (Wildman–Crippen MR) is 79.2 cm³/mol. The first-order valence-corrected chi connectivity index (χ1v) is 7.78. The topological polar surface area (TPSA) is 28.4 Å². The standard InChI is InChI=1S/C16H28N2O/c1-3-15-7-8-16(19-15)12-17-11-14(2)13-18-9-5-4-6-10-18/h7-8,14,17H,3-6,9-13H2,1-2H3. The van der Waals surface area contributed by atoms with E-state index in [2.05, 4.69) is 36.2 Å². The van der Waals surface area contributed by atoms with Gasteiger partial charge in [-0.25, -0.2) is 0 Å². The van der Waals surface area contributed by atoms with Crippen molar-refractivity contribution in [3.8, 4) is 0 Å². The molecule has 3 nitrogen and oxygen atoms in total. The summed E-state index contributed by atoms with van der Waals surface area (Å²) in [7, 11) is 0. The van der Waals surface area contributed by atoms with Gasteiger partial charge in [0.25, 0.3) is 0 Å². The molecule has 1 aromatic rings. The molecular formula is C16H28N2O. The van der Waals surface area contributed by atoms with E-state index in [4.69, 9.17) is 4.42 Å². The van der Waals surface area contributed by atoms with Crippen LogP contribution in [-0.2, 0) is 13.0 Å². The van der Waals surface area contributed by atoms with Crippen LogP contribution in [0.4, 0.5) is 0 Å². The Morgan fingerprint density at radius 2 is 1.95 bits per heavy atom. The molecule has 2 rings (SSSR count). The van der Waals surface area contributed by atoms with Gasteiger partial charge in [0.2, 0.25) is 0 Å². The minimum Gasteiger partial charge on any atom is -0.465 e. The molecule has 2 heterocycles. The molecule has 1 aliphatic rings. The van der Waals surface area contributed by atoms with Crippen molar-refractivity contribution < 1.29 is 4.42 Å². The van der Waals surface area contributed by atoms with Crippen LogP contribution in [0.3, 0.4) is 0 Å². The fourth-order valence-electron chi connectivity index (χ4n) is 2.80. The lowest BCUT2D eigenvalue weighted by atomic mass is 10.1. The summed E-state index contributed by atoms with van der Waals surface area (Å²) < 4.78 is 5.69. The van der Waals surface area contributed by atoms with Crippen LogP contribution >= 0.6 is 0 Å². The van der Waals surface area contributed by atoms with E-state index in [1.54, 1.807) is 0 Å². The van der Waals surface area contributed by atoms with E-state index in [1.165, 1.54) is 38.9 Å². The van der Waals surface area contributed by atoms with Crippen LogP contribution in [0.15, 0.2) is 16.5 Å². The van der Waals surface area contributed by atoms with E-state index < -0.39 is 0 Å². The molecule has 1 unspecified atom stereocenters. The van der Waals surface area contributed by atoms with Gasteiger partial charge in [-0.15, -0.1) is 0 Å². The maximum absolute atomic E-state index is 5.69. The first-order valence-electron chi connectivity index (χ1n) is 7.78. The normalized spacial score (nSPS) is 18.6. The Hall–Kier alpha value is -0.800. The van der Waals surface area contributed by atoms with Gasteiger partial charge in [-0.3, -0.25) is 0 Å². The van der Waals surface area contributed by atoms with Crippen LogP contribution in [0, 0.1) is 5.92 Å². The number of nitrogens with zero attached hydrogens (tertiary/aromatic N) is 1. The van der Waals surface area contributed by atoms with Gasteiger partial charge in [-0.2, -0.15) is 0 Å². The number of hydrogen-bond acceptors (Lipinski definition) is 3. The lowest BCUT2D eigenvalue weighted by Crippen LogP contribution is -2.36. The van der Waals surface area contributed by atoms with Gasteiger partial charge in [0.05, 0.1) is 6.54 Å². The average molecular weight is 264 g/mol. The SMILES string of the molecule is CCc1ccc(CNCC(C)CN2CCCCC2)o1. The van der Waals surface area contributed by atoms with Crippen LogP contribution in [0.2, 0.25) is 0 Å². The largest absolute Gasteiger partial charge is 0.465 e. The lowest BCUT2D eigenvalue weighted by molar-refractivity contribution is 0.198. The molecule has 0 amide bonds. The highest BCUT2D eigenvalue weighted by Crippen LogP contribution is 2.11. The molecule has 0 saturated carbocycles. The molecule has 1 aliphatic heterocycles. The number of aryl methyl sites for hydroxylation is 1. The summed E-state index contributed by atoms with van der Waals surface area (Å²) in [4.78, 5) is 2.61. The number of piperidine rings is 1. The zero-order chi connectivity index (χ0) is 13.5. The summed E-state index contributed by atoms with van der Waals surface area (Å²) in [6.07, 6.45) is 5.16. The quantitative estimate of drug-likeness (QED) is 0.820. The molecule has 108 valence electrons. The number of furan rings is 1. The van der Waals surface area contributed by atoms with Crippen molar-refractivity contribution in [2.24, 2.45) is 5.92 Å². The van der Waals surface area contributed by atoms with Crippen molar-refractivity contribution in [3.63, 3.8) is 0 Å². The van der Waals surface area contributed by atoms with E-state index >= 15 is 0 Å². The third kappa shape index (κ3) is 5.00. The van der Waals surface area contributed by atoms with Gasteiger partial charge in [0.1, 0.15) is 11.5 Å². The highest BCUT2D eigenvalue weighted by Gasteiger charge is 2.13. The summed E-state index contributed by atoms with van der Waals surface area (Å²) in [6.45, 7) is 10.2. The Labute approximate surface area is 117 Å². The fraction of sp³-hybridized carbons (Fsp3) is 0.750. The van der Waals surface area contributed by atoms with E-state index in [0.717, 1.165) is 31.0 Å². The van der Waals surface area contributed by atoms with Crippen molar-refractivity contribution in [2.75, 3.05) is 26.2 Å². The summed E-state index contributed by atoms with van der Waals surface area (Å²) in [5, 5.41) is 3.51. The van der Waals surface area contributed by atoms with Gasteiger partial charge in [0, 0.05) is 13.0 Å². The maximum Gasteiger partial charge on any atom is 0.117 e. The molecule has 1 atom stereocenters. The number of likely N-dealkylation sites (tertiary alicyclic amines) is 1. The first-order chi connectivity index (χ1) is 9.28. The molecule has 19 heavy (non-hydrogen) atoms. The summed E-state index contributed by atoms with van der Waals surface area (Å²) in [5.74, 6) is 2.85. The van der Waals surface area contributed by atoms with E-state index in [0.29, 0.717) is 5.92 Å². The number of nitrogens with one attached hydrogen (secondary N) is 1. The van der Waals surface area contributed by atoms with Gasteiger partial charge in [0.15, 0.2) is 0 Å². The molecule has 3 heteroatoms. The fourth-order valence-corrected chi connectivity index (χ4v) is 2.80. The lowest BCUT2D eigenvalue weighted by Gasteiger charge is -2.29. The molecule has 0 radical (unpaired) electrons. The highest BCUT2D eigenvalue weighted by atomic mass is 16.3. The van der Waals surface area contributed by atoms with E-state index in [9.17, 15) is 0 Å². The Morgan fingerprint density at radius 3 is 2.63 bits per heavy atom. The second kappa shape index (κ2) is 7.71. The van der Waals surface area contributed by atoms with Gasteiger partial charge in [-0.05, 0) is 50.5 Å². The van der Waals surface area contributed by atoms with E-state index in [-0.39, 0.29) is 0 Å². The van der Waals surface area contributed by atoms with Crippen LogP contribution in [0.1, 0.15) is 44.6 Å². The average Bonchev–Trinajstić information content (AvgIpc) is 2.88. The van der Waals surface area contributed by atoms with Gasteiger partial charge in [-0.1, -0.05) is 20.3 Å². The molecule has 1 N–H and O–H groups in total. The first kappa shape index (κ1) is 14.6. The van der Waals surface area contributed by atoms with Crippen LogP contribution < -0.4 is 5.32 Å². The summed E-state index contributed by atoms with van der Waals surface area (Å²) >= 11 is 0. The Balaban J connectivity index is 1.61. The zero-order valence-corrected chi connectivity index (χ0v) is 12.5. The molecule has 0 spiro atoms. The maximum atomic E-state index is 5.69. The molecule has 0 aliphatic carbocycles. The molecule has 1 aromatic heterocycles. The van der Waals surface area contributed by atoms with Crippen molar-refractivity contribution in [1.29, 1.82) is 0 Å². The summed E-state index contributed by atoms with van der Waals surface area (Å²) in [6, 6.07) is 4.16. The smallest absolute Gasteiger partial charge is 0.117 e.